The van der Waals surface area contributed by atoms with Crippen molar-refractivity contribution in [2.45, 2.75) is 50.0 Å². The minimum atomic E-state index is -0.811. The Kier molecular flexibility index (Phi) is 5.86. The van der Waals surface area contributed by atoms with E-state index in [4.69, 9.17) is 10.7 Å². The molecule has 1 saturated heterocycles. The van der Waals surface area contributed by atoms with Gasteiger partial charge in [0, 0.05) is 29.4 Å². The highest BCUT2D eigenvalue weighted by molar-refractivity contribution is 5.93. The van der Waals surface area contributed by atoms with E-state index in [9.17, 15) is 14.0 Å². The zero-order valence-corrected chi connectivity index (χ0v) is 18.9. The predicted octanol–water partition coefficient (Wildman–Crippen LogP) is 4.56. The average Bonchev–Trinajstić information content (AvgIpc) is 3.55. The molecule has 2 aromatic carbocycles. The number of hydrogen-bond acceptors (Lipinski definition) is 4. The van der Waals surface area contributed by atoms with Crippen molar-refractivity contribution in [2.24, 2.45) is 5.73 Å². The smallest absolute Gasteiger partial charge is 0.248 e. The molecule has 7 heteroatoms. The molecule has 2 N–H and O–H groups in total. The van der Waals surface area contributed by atoms with Crippen LogP contribution in [-0.4, -0.2) is 33.2 Å². The normalized spacial score (nSPS) is 19.3. The zero-order chi connectivity index (χ0) is 23.7. The molecule has 2 heterocycles. The van der Waals surface area contributed by atoms with E-state index in [1.807, 2.05) is 17.0 Å². The van der Waals surface area contributed by atoms with Gasteiger partial charge in [-0.15, -0.1) is 0 Å². The third-order valence-corrected chi connectivity index (χ3v) is 7.22. The number of benzene rings is 2. The second-order valence-corrected chi connectivity index (χ2v) is 9.17. The van der Waals surface area contributed by atoms with Crippen LogP contribution in [-0.2, 0) is 10.2 Å². The molecule has 1 aliphatic heterocycles. The van der Waals surface area contributed by atoms with E-state index in [-0.39, 0.29) is 17.8 Å². The summed E-state index contributed by atoms with van der Waals surface area (Å²) in [6.45, 7) is 0.631. The molecule has 2 amide bonds. The number of aromatic nitrogens is 2. The van der Waals surface area contributed by atoms with Crippen LogP contribution < -0.4 is 5.73 Å². The minimum absolute atomic E-state index is 0.00331. The lowest BCUT2D eigenvalue weighted by molar-refractivity contribution is -0.138. The third-order valence-electron chi connectivity index (χ3n) is 7.22. The van der Waals surface area contributed by atoms with E-state index in [0.717, 1.165) is 36.9 Å². The Labute approximate surface area is 198 Å². The van der Waals surface area contributed by atoms with E-state index in [1.165, 1.54) is 6.07 Å². The summed E-state index contributed by atoms with van der Waals surface area (Å²) in [6, 6.07) is 15.2. The van der Waals surface area contributed by atoms with Gasteiger partial charge in [-0.25, -0.2) is 14.4 Å². The Morgan fingerprint density at radius 2 is 1.74 bits per heavy atom. The molecule has 34 heavy (non-hydrogen) atoms. The summed E-state index contributed by atoms with van der Waals surface area (Å²) in [4.78, 5) is 36.5. The summed E-state index contributed by atoms with van der Waals surface area (Å²) in [7, 11) is 0. The lowest BCUT2D eigenvalue weighted by atomic mass is 9.77. The molecular formula is C27H27FN4O2. The maximum Gasteiger partial charge on any atom is 0.248 e. The summed E-state index contributed by atoms with van der Waals surface area (Å²) in [6.07, 6.45) is 6.53. The van der Waals surface area contributed by atoms with Crippen LogP contribution in [0.2, 0.25) is 0 Å². The molecule has 1 atom stereocenters. The fourth-order valence-electron chi connectivity index (χ4n) is 5.50. The summed E-state index contributed by atoms with van der Waals surface area (Å²) in [5.74, 6) is -0.268. The monoisotopic (exact) mass is 458 g/mol. The molecule has 5 rings (SSSR count). The van der Waals surface area contributed by atoms with Gasteiger partial charge in [-0.3, -0.25) is 9.59 Å². The van der Waals surface area contributed by atoms with Crippen LogP contribution in [0.15, 0.2) is 60.8 Å². The van der Waals surface area contributed by atoms with Crippen molar-refractivity contribution in [1.82, 2.24) is 14.9 Å². The van der Waals surface area contributed by atoms with Gasteiger partial charge in [0.05, 0.1) is 17.2 Å². The predicted molar refractivity (Wildman–Crippen MR) is 126 cm³/mol. The van der Waals surface area contributed by atoms with E-state index in [1.54, 1.807) is 42.6 Å². The van der Waals surface area contributed by atoms with E-state index in [2.05, 4.69) is 4.98 Å². The molecule has 3 aromatic rings. The van der Waals surface area contributed by atoms with Crippen molar-refractivity contribution < 1.29 is 14.0 Å². The maximum absolute atomic E-state index is 14.9. The molecule has 0 bridgehead atoms. The fourth-order valence-corrected chi connectivity index (χ4v) is 5.50. The molecule has 0 unspecified atom stereocenters. The Morgan fingerprint density at radius 1 is 1.00 bits per heavy atom. The molecular weight excluding hydrogens is 431 g/mol. The largest absolute Gasteiger partial charge is 0.366 e. The number of hydrogen-bond donors (Lipinski definition) is 1. The minimum Gasteiger partial charge on any atom is -0.366 e. The van der Waals surface area contributed by atoms with Crippen LogP contribution in [0, 0.1) is 5.82 Å². The van der Waals surface area contributed by atoms with Crippen molar-refractivity contribution in [3.05, 3.63) is 83.4 Å². The summed E-state index contributed by atoms with van der Waals surface area (Å²) < 4.78 is 14.9. The Bertz CT molecular complexity index is 1220. The molecule has 2 aliphatic rings. The van der Waals surface area contributed by atoms with Gasteiger partial charge in [-0.1, -0.05) is 43.2 Å². The molecule has 1 aliphatic carbocycles. The number of primary amides is 1. The number of amides is 2. The maximum atomic E-state index is 14.9. The van der Waals surface area contributed by atoms with Crippen molar-refractivity contribution in [3.63, 3.8) is 0 Å². The van der Waals surface area contributed by atoms with Gasteiger partial charge in [0.1, 0.15) is 5.82 Å². The van der Waals surface area contributed by atoms with Crippen molar-refractivity contribution in [3.8, 4) is 11.4 Å². The number of nitrogens with two attached hydrogens (primary N) is 1. The van der Waals surface area contributed by atoms with Gasteiger partial charge in [-0.05, 0) is 49.9 Å². The Hall–Kier alpha value is -3.61. The van der Waals surface area contributed by atoms with E-state index < -0.39 is 11.3 Å². The number of rotatable bonds is 5. The van der Waals surface area contributed by atoms with Crippen LogP contribution >= 0.6 is 0 Å². The number of carbonyl (C=O) groups excluding carboxylic acids is 2. The Morgan fingerprint density at radius 3 is 2.44 bits per heavy atom. The van der Waals surface area contributed by atoms with Crippen LogP contribution in [0.3, 0.4) is 0 Å². The number of nitrogens with zero attached hydrogens (tertiary/aromatic N) is 3. The first-order chi connectivity index (χ1) is 16.5. The quantitative estimate of drug-likeness (QED) is 0.607. The molecule has 2 fully saturated rings. The Balaban J connectivity index is 1.46. The van der Waals surface area contributed by atoms with Crippen molar-refractivity contribution in [1.29, 1.82) is 0 Å². The van der Waals surface area contributed by atoms with Gasteiger partial charge in [0.25, 0.3) is 0 Å². The van der Waals surface area contributed by atoms with Crippen LogP contribution in [0.25, 0.3) is 11.4 Å². The standard InChI is InChI=1S/C27H27FN4O2/c28-21-7-2-1-6-20(21)27(14-3-4-15-27)26(34)32-17-5-8-23(32)22-13-16-30-25(31-22)19-11-9-18(10-12-19)24(29)33/h1-2,6-7,9-13,16,23H,3-5,8,14-15,17H2,(H2,29,33)/t23-/m1/s1. The van der Waals surface area contributed by atoms with Crippen LogP contribution in [0.5, 0.6) is 0 Å². The molecule has 1 saturated carbocycles. The first-order valence-corrected chi connectivity index (χ1v) is 11.8. The number of carbonyl (C=O) groups is 2. The summed E-state index contributed by atoms with van der Waals surface area (Å²) in [5.41, 5.74) is 7.00. The second kappa shape index (κ2) is 8.97. The van der Waals surface area contributed by atoms with Gasteiger partial charge >= 0.3 is 0 Å². The first-order valence-electron chi connectivity index (χ1n) is 11.8. The fraction of sp³-hybridized carbons (Fsp3) is 0.333. The van der Waals surface area contributed by atoms with Crippen LogP contribution in [0.4, 0.5) is 4.39 Å². The number of likely N-dealkylation sites (tertiary alicyclic amines) is 1. The highest BCUT2D eigenvalue weighted by atomic mass is 19.1. The van der Waals surface area contributed by atoms with Gasteiger partial charge in [0.15, 0.2) is 5.82 Å². The molecule has 6 nitrogen and oxygen atoms in total. The SMILES string of the molecule is NC(=O)c1ccc(-c2nccc([C@H]3CCCN3C(=O)C3(c4ccccc4F)CCCC3)n2)cc1. The van der Waals surface area contributed by atoms with Gasteiger partial charge < -0.3 is 10.6 Å². The second-order valence-electron chi connectivity index (χ2n) is 9.17. The number of halogens is 1. The van der Waals surface area contributed by atoms with Crippen molar-refractivity contribution in [2.75, 3.05) is 6.54 Å². The van der Waals surface area contributed by atoms with Crippen molar-refractivity contribution >= 4 is 11.8 Å². The molecule has 1 aromatic heterocycles. The highest BCUT2D eigenvalue weighted by Gasteiger charge is 2.48. The summed E-state index contributed by atoms with van der Waals surface area (Å²) in [5, 5.41) is 0. The lowest BCUT2D eigenvalue weighted by Crippen LogP contribution is -2.45. The van der Waals surface area contributed by atoms with E-state index >= 15 is 0 Å². The molecule has 0 radical (unpaired) electrons. The lowest BCUT2D eigenvalue weighted by Gasteiger charge is -2.36. The third kappa shape index (κ3) is 3.85. The highest BCUT2D eigenvalue weighted by Crippen LogP contribution is 2.46. The molecule has 174 valence electrons. The van der Waals surface area contributed by atoms with Gasteiger partial charge in [0.2, 0.25) is 11.8 Å². The van der Waals surface area contributed by atoms with Gasteiger partial charge in [-0.2, -0.15) is 0 Å². The summed E-state index contributed by atoms with van der Waals surface area (Å²) >= 11 is 0. The zero-order valence-electron chi connectivity index (χ0n) is 18.9. The van der Waals surface area contributed by atoms with Crippen LogP contribution in [0.1, 0.15) is 66.2 Å². The van der Waals surface area contributed by atoms with E-state index in [0.29, 0.717) is 36.3 Å². The average molecular weight is 459 g/mol. The topological polar surface area (TPSA) is 89.2 Å². The first kappa shape index (κ1) is 22.2. The molecule has 0 spiro atoms.